The number of amides is 1. The fraction of sp³-hybridized carbons (Fsp3) is 0.508. The molecular formula is C59H67NO26. The van der Waals surface area contributed by atoms with Crippen LogP contribution >= 0.6 is 0 Å². The first-order valence-electron chi connectivity index (χ1n) is 27.6. The summed E-state index contributed by atoms with van der Waals surface area (Å²) < 4.78 is 52.6. The molecule has 0 radical (unpaired) electrons. The molecule has 19 atom stereocenters. The number of methoxy groups -OCH3 is 1. The highest BCUT2D eigenvalue weighted by atomic mass is 16.7. The molecule has 464 valence electrons. The quantitative estimate of drug-likeness (QED) is 0.0365. The second-order valence-electron chi connectivity index (χ2n) is 22.9. The van der Waals surface area contributed by atoms with Gasteiger partial charge in [0.1, 0.15) is 144 Å². The summed E-state index contributed by atoms with van der Waals surface area (Å²) in [6.07, 6.45) is -25.1. The summed E-state index contributed by atoms with van der Waals surface area (Å²) in [5.41, 5.74) is -4.18. The molecule has 4 aromatic rings. The smallest absolute Gasteiger partial charge is 0.331 e. The molecule has 4 saturated heterocycles. The first-order valence-corrected chi connectivity index (χ1v) is 27.6. The van der Waals surface area contributed by atoms with Crippen LogP contribution in [-0.2, 0) is 52.3 Å². The van der Waals surface area contributed by atoms with Gasteiger partial charge in [0.2, 0.25) is 5.91 Å². The monoisotopic (exact) mass is 1210 g/mol. The van der Waals surface area contributed by atoms with Crippen molar-refractivity contribution in [3.05, 3.63) is 106 Å². The molecule has 6 aliphatic rings. The van der Waals surface area contributed by atoms with Gasteiger partial charge in [-0.15, -0.1) is 0 Å². The van der Waals surface area contributed by atoms with Crippen molar-refractivity contribution < 1.29 is 123 Å². The molecule has 1 saturated carbocycles. The molecule has 3 aromatic carbocycles. The summed E-state index contributed by atoms with van der Waals surface area (Å²) >= 11 is 0. The number of carbonyl (C=O) groups is 4. The zero-order chi connectivity index (χ0) is 62.1. The standard InChI is InChI=1S/C59H67NO26/c1-25(13-14-59(77)57(2)19-28(63)20-58(59,3)81-24-57)15-39(65)79-23-38-44(68)48(72)51(75)56(85-38)86-53-49(73)45(69)37(83-52(53)42-34(78-4)18-35-41(46(42)70)32(64)17-33(82-35)26-9-11-27(62)12-10-26)22-80-40(66)16-30-29-7-5-6-8-31(29)60(54(30)76)55-50(74)47(71)43(67)36(21-61)84-55/h5-15,17-18,30,36-38,43-45,47-53,55-56,61-62,67-75,77H,16,19-24H2,1-4H3/b14-13+,25-15-/t30?,36-,37-,38-,43-,44-,45-,47+,48+,49+,50-,51-,52+,53-,55-,56+,57?,58?,59+/m1/s1. The number of allylic oxidation sites excluding steroid dienone is 2. The number of hydrogen-bond acceptors (Lipinski definition) is 26. The van der Waals surface area contributed by atoms with Gasteiger partial charge in [-0.2, -0.15) is 0 Å². The van der Waals surface area contributed by atoms with E-state index in [0.29, 0.717) is 5.56 Å². The van der Waals surface area contributed by atoms with Crippen LogP contribution in [0.1, 0.15) is 63.2 Å². The number of Topliss-reactive ketones (excluding diaryl/α,β-unsaturated/α-hetero) is 1. The molecular weight excluding hydrogens is 1140 g/mol. The van der Waals surface area contributed by atoms with E-state index < -0.39 is 181 Å². The third-order valence-corrected chi connectivity index (χ3v) is 17.2. The molecule has 86 heavy (non-hydrogen) atoms. The number of carbonyl (C=O) groups excluding carboxylic acids is 4. The van der Waals surface area contributed by atoms with Crippen LogP contribution in [0.4, 0.5) is 5.69 Å². The lowest BCUT2D eigenvalue weighted by atomic mass is 9.59. The van der Waals surface area contributed by atoms with Crippen molar-refractivity contribution in [1.82, 2.24) is 0 Å². The Morgan fingerprint density at radius 1 is 0.779 bits per heavy atom. The van der Waals surface area contributed by atoms with Gasteiger partial charge in [0.25, 0.3) is 0 Å². The van der Waals surface area contributed by atoms with Crippen LogP contribution in [0.25, 0.3) is 22.3 Å². The SMILES string of the molecule is COc1cc2oc(-c3ccc(O)cc3)cc(=O)c2c(O)c1[C@@H]1O[C@H](COC(=O)CC2C(=O)N([C@@H]3O[C@H](CO)[C@@H](O)[C@H](O)[C@H]3O)c3ccccc32)[C@@H](O)[C@H](O)[C@H]1O[C@@H]1O[C@H](COC(=O)/C=C(C)\C=C\[C@]2(O)C3(C)COC2(C)CC(=O)C3)[C@@H](O)[C@H](O)[C@H]1O. The minimum atomic E-state index is -2.20. The van der Waals surface area contributed by atoms with Crippen LogP contribution in [0.15, 0.2) is 93.7 Å². The first kappa shape index (κ1) is 62.3. The van der Waals surface area contributed by atoms with Crippen LogP contribution in [0.3, 0.4) is 0 Å². The Morgan fingerprint density at radius 2 is 1.44 bits per heavy atom. The van der Waals surface area contributed by atoms with E-state index in [1.165, 1.54) is 61.5 Å². The number of aliphatic hydroxyl groups is 10. The average Bonchev–Trinajstić information content (AvgIpc) is 1.53. The number of aliphatic hydroxyl groups excluding tert-OH is 9. The topological polar surface area (TPSA) is 418 Å². The molecule has 27 heteroatoms. The number of esters is 2. The molecule has 10 rings (SSSR count). The summed E-state index contributed by atoms with van der Waals surface area (Å²) in [6, 6.07) is 14.0. The van der Waals surface area contributed by atoms with Gasteiger partial charge in [0, 0.05) is 42.0 Å². The van der Waals surface area contributed by atoms with Crippen molar-refractivity contribution in [3.8, 4) is 28.6 Å². The molecule has 5 aliphatic heterocycles. The van der Waals surface area contributed by atoms with E-state index in [2.05, 4.69) is 0 Å². The normalized spacial score (nSPS) is 36.3. The predicted octanol–water partition coefficient (Wildman–Crippen LogP) is -0.967. The number of ether oxygens (including phenoxy) is 8. The van der Waals surface area contributed by atoms with Gasteiger partial charge in [-0.1, -0.05) is 31.2 Å². The number of phenols is 2. The van der Waals surface area contributed by atoms with Gasteiger partial charge in [0.05, 0.1) is 43.9 Å². The molecule has 12 N–H and O–H groups in total. The largest absolute Gasteiger partial charge is 0.508 e. The van der Waals surface area contributed by atoms with Crippen molar-refractivity contribution in [3.63, 3.8) is 0 Å². The lowest BCUT2D eigenvalue weighted by molar-refractivity contribution is -0.342. The number of fused-ring (bicyclic) bond motifs is 4. The fourth-order valence-corrected chi connectivity index (χ4v) is 12.4. The summed E-state index contributed by atoms with van der Waals surface area (Å²) in [7, 11) is 1.16. The third kappa shape index (κ3) is 11.1. The molecule has 3 unspecified atom stereocenters. The molecule has 27 nitrogen and oxygen atoms in total. The zero-order valence-corrected chi connectivity index (χ0v) is 46.7. The maximum atomic E-state index is 14.2. The summed E-state index contributed by atoms with van der Waals surface area (Å²) in [6.45, 7) is 2.54. The summed E-state index contributed by atoms with van der Waals surface area (Å²) in [5.74, 6) is -5.48. The second kappa shape index (κ2) is 24.1. The molecule has 6 heterocycles. The number of phenolic OH excluding ortho intramolecular Hbond substituents is 2. The number of anilines is 1. The Kier molecular flexibility index (Phi) is 17.4. The third-order valence-electron chi connectivity index (χ3n) is 17.2. The van der Waals surface area contributed by atoms with E-state index in [1.807, 2.05) is 0 Å². The summed E-state index contributed by atoms with van der Waals surface area (Å²) in [4.78, 5) is 68.7. The lowest BCUT2D eigenvalue weighted by Crippen LogP contribution is -2.64. The van der Waals surface area contributed by atoms with Crippen LogP contribution in [0.5, 0.6) is 17.2 Å². The fourth-order valence-electron chi connectivity index (χ4n) is 12.4. The van der Waals surface area contributed by atoms with Crippen molar-refractivity contribution in [2.24, 2.45) is 5.41 Å². The number of ketones is 1. The van der Waals surface area contributed by atoms with Crippen molar-refractivity contribution >= 4 is 40.3 Å². The number of rotatable bonds is 16. The average molecular weight is 1210 g/mol. The van der Waals surface area contributed by atoms with Gasteiger partial charge in [0.15, 0.2) is 17.9 Å². The van der Waals surface area contributed by atoms with E-state index in [4.69, 9.17) is 42.3 Å². The predicted molar refractivity (Wildman–Crippen MR) is 291 cm³/mol. The first-order chi connectivity index (χ1) is 40.7. The lowest BCUT2D eigenvalue weighted by Gasteiger charge is -2.47. The number of nitrogens with zero attached hydrogens (tertiary/aromatic N) is 1. The van der Waals surface area contributed by atoms with Gasteiger partial charge < -0.3 is 104 Å². The molecule has 1 aromatic heterocycles. The van der Waals surface area contributed by atoms with Gasteiger partial charge in [-0.05, 0) is 61.4 Å². The highest BCUT2D eigenvalue weighted by molar-refractivity contribution is 6.07. The van der Waals surface area contributed by atoms with Gasteiger partial charge in [-0.25, -0.2) is 4.79 Å². The van der Waals surface area contributed by atoms with E-state index in [9.17, 15) is 85.3 Å². The van der Waals surface area contributed by atoms with Crippen LogP contribution in [0.2, 0.25) is 0 Å². The molecule has 5 fully saturated rings. The minimum absolute atomic E-state index is 0.00370. The van der Waals surface area contributed by atoms with Crippen molar-refractivity contribution in [1.29, 1.82) is 0 Å². The Morgan fingerprint density at radius 3 is 2.14 bits per heavy atom. The van der Waals surface area contributed by atoms with Gasteiger partial charge in [-0.3, -0.25) is 24.1 Å². The van der Waals surface area contributed by atoms with Crippen LogP contribution in [0, 0.1) is 5.41 Å². The zero-order valence-electron chi connectivity index (χ0n) is 46.7. The van der Waals surface area contributed by atoms with E-state index in [-0.39, 0.29) is 64.9 Å². The van der Waals surface area contributed by atoms with E-state index in [0.717, 1.165) is 24.2 Å². The second-order valence-corrected chi connectivity index (χ2v) is 22.9. The van der Waals surface area contributed by atoms with Crippen molar-refractivity contribution in [2.45, 2.75) is 149 Å². The Bertz CT molecular complexity index is 3340. The number of para-hydroxylation sites is 1. The van der Waals surface area contributed by atoms with E-state index >= 15 is 0 Å². The highest BCUT2D eigenvalue weighted by Gasteiger charge is 2.67. The van der Waals surface area contributed by atoms with Gasteiger partial charge >= 0.3 is 11.9 Å². The van der Waals surface area contributed by atoms with Crippen LogP contribution < -0.4 is 15.1 Å². The summed E-state index contributed by atoms with van der Waals surface area (Å²) in [5, 5.41) is 133. The Balaban J connectivity index is 0.901. The van der Waals surface area contributed by atoms with Crippen molar-refractivity contribution in [2.75, 3.05) is 38.4 Å². The molecule has 1 aliphatic carbocycles. The molecule has 0 spiro atoms. The maximum absolute atomic E-state index is 14.2. The highest BCUT2D eigenvalue weighted by Crippen LogP contribution is 2.57. The minimum Gasteiger partial charge on any atom is -0.508 e. The number of aromatic hydroxyl groups is 2. The molecule has 2 bridgehead atoms. The number of hydrogen-bond donors (Lipinski definition) is 12. The Hall–Kier alpha value is -6.77. The molecule has 1 amide bonds. The van der Waals surface area contributed by atoms with E-state index in [1.54, 1.807) is 26.0 Å². The Labute approximate surface area is 488 Å². The van der Waals surface area contributed by atoms with Crippen LogP contribution in [-0.4, -0.2) is 215 Å². The number of benzene rings is 3. The maximum Gasteiger partial charge on any atom is 0.331 e.